The third-order valence-electron chi connectivity index (χ3n) is 2.28. The zero-order chi connectivity index (χ0) is 12.8. The second-order valence-corrected chi connectivity index (χ2v) is 4.14. The number of carbonyl (C=O) groups is 1. The van der Waals surface area contributed by atoms with Crippen LogP contribution in [-0.4, -0.2) is 17.2 Å². The Balaban J connectivity index is 2.84. The van der Waals surface area contributed by atoms with Gasteiger partial charge in [0.05, 0.1) is 6.10 Å². The molecule has 0 radical (unpaired) electrons. The number of aliphatic carboxylic acids is 1. The molecule has 0 aromatic heterocycles. The van der Waals surface area contributed by atoms with E-state index in [0.717, 1.165) is 16.9 Å². The first-order valence-electron chi connectivity index (χ1n) is 5.66. The third kappa shape index (κ3) is 4.31. The lowest BCUT2D eigenvalue weighted by Crippen LogP contribution is -2.07. The summed E-state index contributed by atoms with van der Waals surface area (Å²) in [7, 11) is 0. The van der Waals surface area contributed by atoms with Gasteiger partial charge in [-0.3, -0.25) is 4.79 Å². The Morgan fingerprint density at radius 2 is 2.24 bits per heavy atom. The van der Waals surface area contributed by atoms with Gasteiger partial charge in [0.1, 0.15) is 5.75 Å². The minimum absolute atomic E-state index is 0.110. The summed E-state index contributed by atoms with van der Waals surface area (Å²) in [6.07, 6.45) is 2.50. The molecule has 1 aromatic rings. The summed E-state index contributed by atoms with van der Waals surface area (Å²) >= 11 is 0. The zero-order valence-electron chi connectivity index (χ0n) is 10.3. The smallest absolute Gasteiger partial charge is 0.303 e. The fourth-order valence-corrected chi connectivity index (χ4v) is 1.53. The van der Waals surface area contributed by atoms with Crippen LogP contribution in [0, 0.1) is 0 Å². The van der Waals surface area contributed by atoms with E-state index in [4.69, 9.17) is 9.84 Å². The number of aryl methyl sites for hydroxylation is 1. The highest BCUT2D eigenvalue weighted by Gasteiger charge is 2.05. The average Bonchev–Trinajstić information content (AvgIpc) is 2.26. The van der Waals surface area contributed by atoms with Gasteiger partial charge < -0.3 is 9.84 Å². The minimum atomic E-state index is -0.785. The molecule has 0 spiro atoms. The summed E-state index contributed by atoms with van der Waals surface area (Å²) in [5.74, 6) is 0.00161. The number of ether oxygens (including phenoxy) is 1. The van der Waals surface area contributed by atoms with Crippen LogP contribution < -0.4 is 4.74 Å². The second-order valence-electron chi connectivity index (χ2n) is 4.14. The Morgan fingerprint density at radius 3 is 2.76 bits per heavy atom. The summed E-state index contributed by atoms with van der Waals surface area (Å²) < 4.78 is 5.63. The maximum atomic E-state index is 10.5. The van der Waals surface area contributed by atoms with Crippen LogP contribution in [0.25, 0.3) is 6.08 Å². The van der Waals surface area contributed by atoms with Gasteiger partial charge in [-0.05, 0) is 38.0 Å². The number of rotatable bonds is 6. The van der Waals surface area contributed by atoms with Gasteiger partial charge in [-0.2, -0.15) is 0 Å². The molecule has 1 N–H and O–H groups in total. The van der Waals surface area contributed by atoms with Crippen molar-refractivity contribution in [3.05, 3.63) is 35.9 Å². The number of hydrogen-bond acceptors (Lipinski definition) is 2. The van der Waals surface area contributed by atoms with Gasteiger partial charge >= 0.3 is 5.97 Å². The number of hydrogen-bond donors (Lipinski definition) is 1. The maximum absolute atomic E-state index is 10.5. The second kappa shape index (κ2) is 6.09. The van der Waals surface area contributed by atoms with Crippen LogP contribution in [0.3, 0.4) is 0 Å². The zero-order valence-corrected chi connectivity index (χ0v) is 10.3. The Bertz CT molecular complexity index is 408. The van der Waals surface area contributed by atoms with E-state index in [0.29, 0.717) is 6.42 Å². The van der Waals surface area contributed by atoms with Crippen LogP contribution in [0.4, 0.5) is 0 Å². The first-order chi connectivity index (χ1) is 8.02. The Labute approximate surface area is 102 Å². The van der Waals surface area contributed by atoms with Crippen LogP contribution in [0.1, 0.15) is 31.4 Å². The largest absolute Gasteiger partial charge is 0.490 e. The molecule has 0 amide bonds. The summed E-state index contributed by atoms with van der Waals surface area (Å²) in [5, 5.41) is 8.63. The van der Waals surface area contributed by atoms with E-state index in [2.05, 4.69) is 6.58 Å². The third-order valence-corrected chi connectivity index (χ3v) is 2.28. The van der Waals surface area contributed by atoms with Crippen molar-refractivity contribution in [2.24, 2.45) is 0 Å². The van der Waals surface area contributed by atoms with Crippen LogP contribution in [-0.2, 0) is 11.2 Å². The van der Waals surface area contributed by atoms with Crippen molar-refractivity contribution in [3.63, 3.8) is 0 Å². The summed E-state index contributed by atoms with van der Waals surface area (Å²) in [5.41, 5.74) is 1.89. The summed E-state index contributed by atoms with van der Waals surface area (Å²) in [6.45, 7) is 7.67. The lowest BCUT2D eigenvalue weighted by atomic mass is 10.1. The van der Waals surface area contributed by atoms with Gasteiger partial charge in [-0.25, -0.2) is 0 Å². The van der Waals surface area contributed by atoms with E-state index in [1.54, 1.807) is 6.08 Å². The lowest BCUT2D eigenvalue weighted by molar-refractivity contribution is -0.136. The summed E-state index contributed by atoms with van der Waals surface area (Å²) in [6, 6.07) is 5.69. The van der Waals surface area contributed by atoms with E-state index in [-0.39, 0.29) is 12.5 Å². The van der Waals surface area contributed by atoms with Crippen molar-refractivity contribution in [1.82, 2.24) is 0 Å². The van der Waals surface area contributed by atoms with Gasteiger partial charge in [0, 0.05) is 12.0 Å². The Morgan fingerprint density at radius 1 is 1.53 bits per heavy atom. The lowest BCUT2D eigenvalue weighted by Gasteiger charge is -2.13. The maximum Gasteiger partial charge on any atom is 0.303 e. The Kier molecular flexibility index (Phi) is 4.76. The Hall–Kier alpha value is -1.77. The van der Waals surface area contributed by atoms with E-state index in [1.165, 1.54) is 0 Å². The van der Waals surface area contributed by atoms with Gasteiger partial charge in [-0.15, -0.1) is 0 Å². The monoisotopic (exact) mass is 234 g/mol. The van der Waals surface area contributed by atoms with Crippen LogP contribution in [0.5, 0.6) is 5.75 Å². The fourth-order valence-electron chi connectivity index (χ4n) is 1.53. The van der Waals surface area contributed by atoms with Gasteiger partial charge in [0.25, 0.3) is 0 Å². The van der Waals surface area contributed by atoms with E-state index < -0.39 is 5.97 Å². The molecule has 0 heterocycles. The van der Waals surface area contributed by atoms with E-state index >= 15 is 0 Å². The minimum Gasteiger partial charge on any atom is -0.490 e. The molecule has 1 aromatic carbocycles. The molecule has 0 bridgehead atoms. The molecule has 0 unspecified atom stereocenters. The average molecular weight is 234 g/mol. The highest BCUT2D eigenvalue weighted by atomic mass is 16.5. The molecule has 0 aliphatic heterocycles. The molecular weight excluding hydrogens is 216 g/mol. The standard InChI is InChI=1S/C14H18O3/c1-4-12-9-11(6-8-14(15)16)5-7-13(12)17-10(2)3/h4-5,7,9-10H,1,6,8H2,2-3H3,(H,15,16). The molecule has 0 saturated heterocycles. The molecule has 0 fully saturated rings. The fraction of sp³-hybridized carbons (Fsp3) is 0.357. The topological polar surface area (TPSA) is 46.5 Å². The molecule has 92 valence electrons. The molecule has 17 heavy (non-hydrogen) atoms. The van der Waals surface area contributed by atoms with Crippen LogP contribution in [0.2, 0.25) is 0 Å². The van der Waals surface area contributed by atoms with Crippen LogP contribution >= 0.6 is 0 Å². The van der Waals surface area contributed by atoms with Gasteiger partial charge in [0.15, 0.2) is 0 Å². The highest BCUT2D eigenvalue weighted by Crippen LogP contribution is 2.23. The van der Waals surface area contributed by atoms with Crippen molar-refractivity contribution in [2.75, 3.05) is 0 Å². The first kappa shape index (κ1) is 13.3. The molecular formula is C14H18O3. The van der Waals surface area contributed by atoms with Gasteiger partial charge in [-0.1, -0.05) is 18.7 Å². The first-order valence-corrected chi connectivity index (χ1v) is 5.66. The quantitative estimate of drug-likeness (QED) is 0.822. The van der Waals surface area contributed by atoms with Crippen molar-refractivity contribution in [3.8, 4) is 5.75 Å². The van der Waals surface area contributed by atoms with Crippen molar-refractivity contribution >= 4 is 12.0 Å². The van der Waals surface area contributed by atoms with Crippen molar-refractivity contribution < 1.29 is 14.6 Å². The van der Waals surface area contributed by atoms with Crippen molar-refractivity contribution in [1.29, 1.82) is 0 Å². The van der Waals surface area contributed by atoms with E-state index in [9.17, 15) is 4.79 Å². The SMILES string of the molecule is C=Cc1cc(CCC(=O)O)ccc1OC(C)C. The molecule has 3 nitrogen and oxygen atoms in total. The molecule has 0 atom stereocenters. The van der Waals surface area contributed by atoms with E-state index in [1.807, 2.05) is 32.0 Å². The predicted molar refractivity (Wildman–Crippen MR) is 68.3 cm³/mol. The molecule has 1 rings (SSSR count). The summed E-state index contributed by atoms with van der Waals surface area (Å²) in [4.78, 5) is 10.5. The van der Waals surface area contributed by atoms with Crippen molar-refractivity contribution in [2.45, 2.75) is 32.8 Å². The number of benzene rings is 1. The number of carboxylic acid groups (broad SMARTS) is 1. The molecule has 0 saturated carbocycles. The molecule has 0 aliphatic carbocycles. The molecule has 0 aliphatic rings. The van der Waals surface area contributed by atoms with Gasteiger partial charge in [0.2, 0.25) is 0 Å². The highest BCUT2D eigenvalue weighted by molar-refractivity contribution is 5.67. The van der Waals surface area contributed by atoms with Crippen LogP contribution in [0.15, 0.2) is 24.8 Å². The number of carboxylic acids is 1. The normalized spacial score (nSPS) is 10.3. The predicted octanol–water partition coefficient (Wildman–Crippen LogP) is 3.13. The molecule has 3 heteroatoms.